The fourth-order valence-electron chi connectivity index (χ4n) is 4.81. The highest BCUT2D eigenvalue weighted by molar-refractivity contribution is 6.30. The highest BCUT2D eigenvalue weighted by Crippen LogP contribution is 2.30. The van der Waals surface area contributed by atoms with Gasteiger partial charge in [0, 0.05) is 24.0 Å². The number of hydrogen-bond acceptors (Lipinski definition) is 8. The summed E-state index contributed by atoms with van der Waals surface area (Å²) >= 11 is 6.16. The van der Waals surface area contributed by atoms with Crippen LogP contribution in [0.1, 0.15) is 36.8 Å². The lowest BCUT2D eigenvalue weighted by molar-refractivity contribution is -0.192. The lowest BCUT2D eigenvalue weighted by atomic mass is 9.85. The molecule has 2 aromatic heterocycles. The Kier molecular flexibility index (Phi) is 11.4. The van der Waals surface area contributed by atoms with Crippen molar-refractivity contribution >= 4 is 29.4 Å². The van der Waals surface area contributed by atoms with Crippen molar-refractivity contribution in [1.29, 1.82) is 0 Å². The van der Waals surface area contributed by atoms with Crippen LogP contribution in [-0.2, 0) is 20.9 Å². The minimum Gasteiger partial charge on any atom is -0.475 e. The van der Waals surface area contributed by atoms with E-state index in [9.17, 15) is 22.8 Å². The lowest BCUT2D eigenvalue weighted by Crippen LogP contribution is -2.53. The summed E-state index contributed by atoms with van der Waals surface area (Å²) < 4.78 is 33.2. The fraction of sp³-hybridized carbons (Fsp3) is 0.300. The molecule has 16 heteroatoms. The molecule has 5 rings (SSSR count). The molecule has 0 saturated carbocycles. The van der Waals surface area contributed by atoms with E-state index in [4.69, 9.17) is 21.5 Å². The number of halogens is 4. The Hall–Kier alpha value is -4.89. The number of nitrogens with zero attached hydrogens (tertiary/aromatic N) is 5. The van der Waals surface area contributed by atoms with Gasteiger partial charge >= 0.3 is 12.1 Å². The van der Waals surface area contributed by atoms with Gasteiger partial charge in [-0.15, -0.1) is 5.10 Å². The smallest absolute Gasteiger partial charge is 0.475 e. The largest absolute Gasteiger partial charge is 0.490 e. The third kappa shape index (κ3) is 9.31. The topological polar surface area (TPSA) is 164 Å². The Morgan fingerprint density at radius 2 is 1.87 bits per heavy atom. The van der Waals surface area contributed by atoms with Gasteiger partial charge in [0.15, 0.2) is 0 Å². The van der Waals surface area contributed by atoms with E-state index in [1.807, 2.05) is 18.3 Å². The standard InChI is InChI=1S/C28H29ClN8O2.C2HF3O2/c1-18(27(38)32-16-23-13-24(29)8-9-26(23)37-17-33-35-36-37)34-28(39)25-14-21(10-12-31-25)19-4-6-20(7-5-19)22-3-2-11-30-15-22;3-2(4,5)1(6)7/h2-9,11,13,15,17-18,21,25,31H,10,12,14,16H2,1H3,(H,32,38)(H,34,39);(H,6,7)/t18?,21-,25+;/m0./s1. The first kappa shape index (κ1) is 34.0. The van der Waals surface area contributed by atoms with Gasteiger partial charge in [0.25, 0.3) is 0 Å². The monoisotopic (exact) mass is 658 g/mol. The van der Waals surface area contributed by atoms with Crippen LogP contribution in [0.4, 0.5) is 13.2 Å². The molecule has 0 aliphatic carbocycles. The van der Waals surface area contributed by atoms with E-state index in [-0.39, 0.29) is 30.3 Å². The average molecular weight is 659 g/mol. The van der Waals surface area contributed by atoms with Crippen molar-refractivity contribution in [3.63, 3.8) is 0 Å². The Bertz CT molecular complexity index is 1620. The minimum atomic E-state index is -5.08. The predicted molar refractivity (Wildman–Crippen MR) is 161 cm³/mol. The molecule has 1 fully saturated rings. The van der Waals surface area contributed by atoms with Crippen LogP contribution in [0.3, 0.4) is 0 Å². The van der Waals surface area contributed by atoms with Gasteiger partial charge in [-0.3, -0.25) is 14.6 Å². The van der Waals surface area contributed by atoms with E-state index in [1.54, 1.807) is 31.3 Å². The van der Waals surface area contributed by atoms with Crippen LogP contribution in [0.15, 0.2) is 73.3 Å². The summed E-state index contributed by atoms with van der Waals surface area (Å²) in [5.41, 5.74) is 4.83. The van der Waals surface area contributed by atoms with Gasteiger partial charge in [0.1, 0.15) is 12.4 Å². The maximum absolute atomic E-state index is 13.1. The highest BCUT2D eigenvalue weighted by Gasteiger charge is 2.38. The normalized spacial score (nSPS) is 16.8. The maximum atomic E-state index is 13.1. The van der Waals surface area contributed by atoms with Gasteiger partial charge in [-0.25, -0.2) is 9.48 Å². The molecule has 3 atom stereocenters. The number of piperidine rings is 1. The van der Waals surface area contributed by atoms with E-state index in [1.165, 1.54) is 16.6 Å². The van der Waals surface area contributed by atoms with Gasteiger partial charge in [0.2, 0.25) is 11.8 Å². The number of aliphatic carboxylic acids is 1. The van der Waals surface area contributed by atoms with Crippen molar-refractivity contribution in [2.24, 2.45) is 0 Å². The summed E-state index contributed by atoms with van der Waals surface area (Å²) in [6.45, 7) is 2.60. The quantitative estimate of drug-likeness (QED) is 0.221. The Morgan fingerprint density at radius 1 is 1.13 bits per heavy atom. The molecule has 12 nitrogen and oxygen atoms in total. The number of hydrogen-bond donors (Lipinski definition) is 4. The molecule has 1 aliphatic rings. The molecule has 0 spiro atoms. The first-order valence-corrected chi connectivity index (χ1v) is 14.4. The zero-order chi connectivity index (χ0) is 33.3. The molecule has 4 N–H and O–H groups in total. The van der Waals surface area contributed by atoms with E-state index < -0.39 is 18.2 Å². The molecule has 0 radical (unpaired) electrons. The molecule has 1 saturated heterocycles. The molecule has 2 amide bonds. The summed E-state index contributed by atoms with van der Waals surface area (Å²) in [6, 6.07) is 16.6. The summed E-state index contributed by atoms with van der Waals surface area (Å²) in [7, 11) is 0. The number of carbonyl (C=O) groups is 3. The summed E-state index contributed by atoms with van der Waals surface area (Å²) in [6.07, 6.45) is 1.59. The number of aromatic nitrogens is 5. The summed E-state index contributed by atoms with van der Waals surface area (Å²) in [5, 5.41) is 27.9. The molecule has 46 heavy (non-hydrogen) atoms. The van der Waals surface area contributed by atoms with Gasteiger partial charge in [-0.1, -0.05) is 41.9 Å². The molecule has 242 valence electrons. The van der Waals surface area contributed by atoms with Crippen molar-refractivity contribution in [3.05, 3.63) is 89.5 Å². The van der Waals surface area contributed by atoms with Crippen LogP contribution in [0.5, 0.6) is 0 Å². The number of benzene rings is 2. The number of carboxylic acid groups (broad SMARTS) is 1. The van der Waals surface area contributed by atoms with Crippen LogP contribution in [0.2, 0.25) is 5.02 Å². The number of carbonyl (C=O) groups excluding carboxylic acids is 2. The predicted octanol–water partition coefficient (Wildman–Crippen LogP) is 3.67. The van der Waals surface area contributed by atoms with Crippen LogP contribution in [-0.4, -0.2) is 72.9 Å². The van der Waals surface area contributed by atoms with Crippen LogP contribution in [0, 0.1) is 0 Å². The van der Waals surface area contributed by atoms with Gasteiger partial charge in [-0.2, -0.15) is 13.2 Å². The zero-order valence-electron chi connectivity index (χ0n) is 24.4. The number of pyridine rings is 1. The second-order valence-electron chi connectivity index (χ2n) is 10.4. The van der Waals surface area contributed by atoms with Crippen LogP contribution >= 0.6 is 11.6 Å². The van der Waals surface area contributed by atoms with Crippen molar-refractivity contribution in [2.75, 3.05) is 6.54 Å². The number of rotatable bonds is 8. The number of nitrogens with one attached hydrogen (secondary N) is 3. The SMILES string of the molecule is CC(NC(=O)[C@H]1C[C@@H](c2ccc(-c3cccnc3)cc2)CCN1)C(=O)NCc1cc(Cl)ccc1-n1cnnn1.O=C(O)C(F)(F)F. The minimum absolute atomic E-state index is 0.188. The summed E-state index contributed by atoms with van der Waals surface area (Å²) in [5.74, 6) is -3.00. The molecule has 1 aliphatic heterocycles. The molecule has 2 aromatic carbocycles. The maximum Gasteiger partial charge on any atom is 0.490 e. The second kappa shape index (κ2) is 15.4. The number of alkyl halides is 3. The Labute approximate surface area is 266 Å². The molecule has 4 aromatic rings. The zero-order valence-corrected chi connectivity index (χ0v) is 25.2. The third-order valence-electron chi connectivity index (χ3n) is 7.18. The molecular formula is C30H30ClF3N8O4. The van der Waals surface area contributed by atoms with E-state index in [2.05, 4.69) is 60.7 Å². The molecular weight excluding hydrogens is 629 g/mol. The third-order valence-corrected chi connectivity index (χ3v) is 7.42. The molecule has 1 unspecified atom stereocenters. The highest BCUT2D eigenvalue weighted by atomic mass is 35.5. The van der Waals surface area contributed by atoms with Gasteiger partial charge in [-0.05, 0) is 89.2 Å². The van der Waals surface area contributed by atoms with E-state index in [0.29, 0.717) is 17.1 Å². The number of tetrazole rings is 1. The summed E-state index contributed by atoms with van der Waals surface area (Å²) in [4.78, 5) is 39.0. The molecule has 3 heterocycles. The Morgan fingerprint density at radius 3 is 2.50 bits per heavy atom. The van der Waals surface area contributed by atoms with Gasteiger partial charge < -0.3 is 21.1 Å². The van der Waals surface area contributed by atoms with Crippen LogP contribution in [0.25, 0.3) is 16.8 Å². The second-order valence-corrected chi connectivity index (χ2v) is 10.8. The number of carboxylic acids is 1. The van der Waals surface area contributed by atoms with E-state index >= 15 is 0 Å². The van der Waals surface area contributed by atoms with Crippen molar-refractivity contribution in [3.8, 4) is 16.8 Å². The number of amides is 2. The first-order chi connectivity index (χ1) is 21.9. The van der Waals surface area contributed by atoms with Crippen molar-refractivity contribution in [2.45, 2.75) is 50.5 Å². The van der Waals surface area contributed by atoms with E-state index in [0.717, 1.165) is 29.7 Å². The average Bonchev–Trinajstić information content (AvgIpc) is 3.59. The van der Waals surface area contributed by atoms with Gasteiger partial charge in [0.05, 0.1) is 11.7 Å². The molecule has 0 bridgehead atoms. The van der Waals surface area contributed by atoms with Crippen molar-refractivity contribution in [1.82, 2.24) is 41.1 Å². The van der Waals surface area contributed by atoms with Crippen molar-refractivity contribution < 1.29 is 32.7 Å². The Balaban J connectivity index is 0.000000617. The first-order valence-electron chi connectivity index (χ1n) is 14.1. The lowest BCUT2D eigenvalue weighted by Gasteiger charge is -2.30. The fourth-order valence-corrected chi connectivity index (χ4v) is 5.00. The van der Waals surface area contributed by atoms with Crippen LogP contribution < -0.4 is 16.0 Å².